The van der Waals surface area contributed by atoms with Gasteiger partial charge in [0.2, 0.25) is 0 Å². The summed E-state index contributed by atoms with van der Waals surface area (Å²) in [7, 11) is 0. The van der Waals surface area contributed by atoms with E-state index in [1.165, 1.54) is 16.7 Å². The number of aromatic nitrogens is 2. The predicted molar refractivity (Wildman–Crippen MR) is 65.3 cm³/mol. The number of nitrogens with zero attached hydrogens (tertiary/aromatic N) is 1. The summed E-state index contributed by atoms with van der Waals surface area (Å²) in [4.78, 5) is 0. The molecule has 0 radical (unpaired) electrons. The molecule has 2 aromatic rings. The lowest BCUT2D eigenvalue weighted by atomic mass is 10.0. The molecule has 0 saturated heterocycles. The lowest BCUT2D eigenvalue weighted by molar-refractivity contribution is 0.631. The highest BCUT2D eigenvalue weighted by atomic mass is 15.1. The van der Waals surface area contributed by atoms with Gasteiger partial charge in [0.15, 0.2) is 0 Å². The van der Waals surface area contributed by atoms with Crippen LogP contribution in [0, 0.1) is 6.92 Å². The van der Waals surface area contributed by atoms with Crippen LogP contribution in [0.25, 0.3) is 0 Å². The molecule has 0 aliphatic heterocycles. The smallest absolute Gasteiger partial charge is 0.0607 e. The van der Waals surface area contributed by atoms with Crippen LogP contribution >= 0.6 is 0 Å². The maximum Gasteiger partial charge on any atom is 0.0607 e. The molecule has 0 fully saturated rings. The van der Waals surface area contributed by atoms with Gasteiger partial charge in [-0.15, -0.1) is 0 Å². The summed E-state index contributed by atoms with van der Waals surface area (Å²) in [5.74, 6) is 0. The van der Waals surface area contributed by atoms with Crippen LogP contribution in [0.1, 0.15) is 29.7 Å². The maximum absolute atomic E-state index is 4.00. The van der Waals surface area contributed by atoms with E-state index >= 15 is 0 Å². The van der Waals surface area contributed by atoms with Crippen LogP contribution in [0.4, 0.5) is 0 Å². The SMILES string of the molecule is CCNC(c1ccc(C)cc1)c1cn[nH]c1. The Kier molecular flexibility index (Phi) is 3.37. The maximum atomic E-state index is 4.00. The molecule has 1 heterocycles. The zero-order valence-corrected chi connectivity index (χ0v) is 9.70. The van der Waals surface area contributed by atoms with Gasteiger partial charge in [-0.2, -0.15) is 5.10 Å². The molecule has 0 saturated carbocycles. The molecule has 2 rings (SSSR count). The largest absolute Gasteiger partial charge is 0.306 e. The fourth-order valence-corrected chi connectivity index (χ4v) is 1.81. The number of aryl methyl sites for hydroxylation is 1. The lowest BCUT2D eigenvalue weighted by Crippen LogP contribution is -2.21. The number of aromatic amines is 1. The molecule has 3 nitrogen and oxygen atoms in total. The van der Waals surface area contributed by atoms with E-state index in [4.69, 9.17) is 0 Å². The summed E-state index contributed by atoms with van der Waals surface area (Å²) < 4.78 is 0. The second kappa shape index (κ2) is 4.94. The Morgan fingerprint density at radius 2 is 2.00 bits per heavy atom. The van der Waals surface area contributed by atoms with Gasteiger partial charge in [0.1, 0.15) is 0 Å². The Hall–Kier alpha value is -1.61. The number of rotatable bonds is 4. The molecule has 0 bridgehead atoms. The summed E-state index contributed by atoms with van der Waals surface area (Å²) in [6, 6.07) is 8.83. The van der Waals surface area contributed by atoms with Crippen molar-refractivity contribution in [1.82, 2.24) is 15.5 Å². The van der Waals surface area contributed by atoms with E-state index < -0.39 is 0 Å². The standard InChI is InChI=1S/C13H17N3/c1-3-14-13(12-8-15-16-9-12)11-6-4-10(2)5-7-11/h4-9,13-14H,3H2,1-2H3,(H,15,16). The molecule has 3 heteroatoms. The van der Waals surface area contributed by atoms with Crippen LogP contribution in [0.3, 0.4) is 0 Å². The molecule has 0 aliphatic carbocycles. The molecule has 0 amide bonds. The first-order chi connectivity index (χ1) is 7.81. The van der Waals surface area contributed by atoms with Crippen LogP contribution in [0.15, 0.2) is 36.7 Å². The van der Waals surface area contributed by atoms with Gasteiger partial charge in [0.25, 0.3) is 0 Å². The van der Waals surface area contributed by atoms with E-state index in [1.54, 1.807) is 0 Å². The number of nitrogens with one attached hydrogen (secondary N) is 2. The van der Waals surface area contributed by atoms with Crippen molar-refractivity contribution in [3.8, 4) is 0 Å². The van der Waals surface area contributed by atoms with Crippen LogP contribution in [0.5, 0.6) is 0 Å². The topological polar surface area (TPSA) is 40.7 Å². The summed E-state index contributed by atoms with van der Waals surface area (Å²) in [6.45, 7) is 5.15. The number of hydrogen-bond donors (Lipinski definition) is 2. The summed E-state index contributed by atoms with van der Waals surface area (Å²) in [6.07, 6.45) is 3.81. The fourth-order valence-electron chi connectivity index (χ4n) is 1.81. The third kappa shape index (κ3) is 2.31. The minimum atomic E-state index is 0.226. The third-order valence-electron chi connectivity index (χ3n) is 2.67. The second-order valence-electron chi connectivity index (χ2n) is 3.93. The van der Waals surface area contributed by atoms with E-state index in [0.717, 1.165) is 6.54 Å². The molecular formula is C13H17N3. The highest BCUT2D eigenvalue weighted by Gasteiger charge is 2.13. The molecule has 0 spiro atoms. The molecule has 1 atom stereocenters. The van der Waals surface area contributed by atoms with Crippen LogP contribution in [-0.4, -0.2) is 16.7 Å². The van der Waals surface area contributed by atoms with Crippen molar-refractivity contribution in [1.29, 1.82) is 0 Å². The van der Waals surface area contributed by atoms with Crippen molar-refractivity contribution >= 4 is 0 Å². The molecule has 2 N–H and O–H groups in total. The Morgan fingerprint density at radius 3 is 2.56 bits per heavy atom. The Balaban J connectivity index is 2.29. The molecular weight excluding hydrogens is 198 g/mol. The van der Waals surface area contributed by atoms with Gasteiger partial charge in [-0.25, -0.2) is 0 Å². The van der Waals surface area contributed by atoms with Gasteiger partial charge in [-0.1, -0.05) is 36.8 Å². The van der Waals surface area contributed by atoms with Gasteiger partial charge < -0.3 is 5.32 Å². The van der Waals surface area contributed by atoms with E-state index in [1.807, 2.05) is 12.4 Å². The first-order valence-electron chi connectivity index (χ1n) is 5.60. The normalized spacial score (nSPS) is 12.6. The fraction of sp³-hybridized carbons (Fsp3) is 0.308. The number of benzene rings is 1. The highest BCUT2D eigenvalue weighted by Crippen LogP contribution is 2.21. The van der Waals surface area contributed by atoms with Crippen molar-refractivity contribution < 1.29 is 0 Å². The summed E-state index contributed by atoms with van der Waals surface area (Å²) in [5, 5.41) is 10.3. The van der Waals surface area contributed by atoms with Gasteiger partial charge in [-0.05, 0) is 19.0 Å². The quantitative estimate of drug-likeness (QED) is 0.822. The first-order valence-corrected chi connectivity index (χ1v) is 5.60. The predicted octanol–water partition coefficient (Wildman–Crippen LogP) is 2.42. The molecule has 0 aliphatic rings. The van der Waals surface area contributed by atoms with E-state index in [2.05, 4.69) is 53.6 Å². The average Bonchev–Trinajstić information content (AvgIpc) is 2.81. The molecule has 1 aromatic heterocycles. The van der Waals surface area contributed by atoms with Gasteiger partial charge in [0, 0.05) is 11.8 Å². The van der Waals surface area contributed by atoms with Crippen molar-refractivity contribution in [3.05, 3.63) is 53.3 Å². The molecule has 84 valence electrons. The number of hydrogen-bond acceptors (Lipinski definition) is 2. The molecule has 16 heavy (non-hydrogen) atoms. The highest BCUT2D eigenvalue weighted by molar-refractivity contribution is 5.31. The zero-order chi connectivity index (χ0) is 11.4. The van der Waals surface area contributed by atoms with Crippen LogP contribution < -0.4 is 5.32 Å². The summed E-state index contributed by atoms with van der Waals surface area (Å²) in [5.41, 5.74) is 3.73. The Bertz CT molecular complexity index is 417. The summed E-state index contributed by atoms with van der Waals surface area (Å²) >= 11 is 0. The van der Waals surface area contributed by atoms with E-state index in [0.29, 0.717) is 0 Å². The van der Waals surface area contributed by atoms with Crippen molar-refractivity contribution in [2.45, 2.75) is 19.9 Å². The van der Waals surface area contributed by atoms with Crippen molar-refractivity contribution in [2.75, 3.05) is 6.54 Å². The third-order valence-corrected chi connectivity index (χ3v) is 2.67. The minimum absolute atomic E-state index is 0.226. The molecule has 1 aromatic carbocycles. The van der Waals surface area contributed by atoms with Gasteiger partial charge >= 0.3 is 0 Å². The first kappa shape index (κ1) is 10.9. The van der Waals surface area contributed by atoms with Crippen LogP contribution in [0.2, 0.25) is 0 Å². The van der Waals surface area contributed by atoms with E-state index in [9.17, 15) is 0 Å². The Labute approximate surface area is 95.9 Å². The van der Waals surface area contributed by atoms with Crippen molar-refractivity contribution in [2.24, 2.45) is 0 Å². The van der Waals surface area contributed by atoms with Gasteiger partial charge in [0.05, 0.1) is 12.2 Å². The van der Waals surface area contributed by atoms with Crippen LogP contribution in [-0.2, 0) is 0 Å². The molecule has 1 unspecified atom stereocenters. The Morgan fingerprint density at radius 1 is 1.25 bits per heavy atom. The van der Waals surface area contributed by atoms with E-state index in [-0.39, 0.29) is 6.04 Å². The van der Waals surface area contributed by atoms with Crippen molar-refractivity contribution in [3.63, 3.8) is 0 Å². The lowest BCUT2D eigenvalue weighted by Gasteiger charge is -2.16. The zero-order valence-electron chi connectivity index (χ0n) is 9.70. The monoisotopic (exact) mass is 215 g/mol. The average molecular weight is 215 g/mol. The second-order valence-corrected chi connectivity index (χ2v) is 3.93. The minimum Gasteiger partial charge on any atom is -0.306 e. The number of H-pyrrole nitrogens is 1. The van der Waals surface area contributed by atoms with Gasteiger partial charge in [-0.3, -0.25) is 5.10 Å².